The Kier molecular flexibility index (Phi) is 7.31. The number of nitrogens with zero attached hydrogens (tertiary/aromatic N) is 2. The molecule has 0 saturated heterocycles. The zero-order valence-corrected chi connectivity index (χ0v) is 33.0. The molecule has 0 aliphatic heterocycles. The molecule has 0 amide bonds. The van der Waals surface area contributed by atoms with Gasteiger partial charge >= 0.3 is 0 Å². The van der Waals surface area contributed by atoms with Crippen LogP contribution in [-0.4, -0.2) is 4.57 Å². The summed E-state index contributed by atoms with van der Waals surface area (Å²) in [7, 11) is 0. The fourth-order valence-electron chi connectivity index (χ4n) is 10.7. The predicted molar refractivity (Wildman–Crippen MR) is 247 cm³/mol. The van der Waals surface area contributed by atoms with Crippen LogP contribution in [0.4, 0.5) is 17.1 Å². The number of hydrogen-bond acceptors (Lipinski definition) is 1. The summed E-state index contributed by atoms with van der Waals surface area (Å²) in [6, 6.07) is 76.6. The number of fused-ring (bicyclic) bond motifs is 13. The van der Waals surface area contributed by atoms with E-state index in [0.29, 0.717) is 0 Å². The van der Waals surface area contributed by atoms with Gasteiger partial charge in [0.15, 0.2) is 0 Å². The van der Waals surface area contributed by atoms with Gasteiger partial charge in [-0.25, -0.2) is 0 Å². The largest absolute Gasteiger partial charge is 0.308 e. The van der Waals surface area contributed by atoms with Crippen LogP contribution >= 0.6 is 0 Å². The first-order valence-corrected chi connectivity index (χ1v) is 20.6. The lowest BCUT2D eigenvalue weighted by Crippen LogP contribution is -2.26. The topological polar surface area (TPSA) is 8.17 Å². The molecule has 0 saturated carbocycles. The van der Waals surface area contributed by atoms with E-state index in [1.165, 1.54) is 88.6 Å². The van der Waals surface area contributed by atoms with Crippen molar-refractivity contribution in [2.45, 2.75) is 19.3 Å². The molecule has 1 spiro atoms. The Hall–Kier alpha value is -7.42. The Bertz CT molecular complexity index is 3270. The van der Waals surface area contributed by atoms with E-state index in [2.05, 4.69) is 230 Å². The molecule has 0 bridgehead atoms. The fraction of sp³-hybridized carbons (Fsp3) is 0.0526. The molecule has 9 aromatic carbocycles. The molecule has 0 fully saturated rings. The van der Waals surface area contributed by atoms with Gasteiger partial charge in [-0.3, -0.25) is 0 Å². The molecule has 1 aromatic heterocycles. The van der Waals surface area contributed by atoms with Gasteiger partial charge in [0.2, 0.25) is 0 Å². The second-order valence-electron chi connectivity index (χ2n) is 16.1. The number of aryl methyl sites for hydroxylation is 2. The van der Waals surface area contributed by atoms with Gasteiger partial charge in [0.1, 0.15) is 0 Å². The first-order valence-electron chi connectivity index (χ1n) is 20.6. The smallest absolute Gasteiger partial charge is 0.0782 e. The van der Waals surface area contributed by atoms with Crippen molar-refractivity contribution in [1.29, 1.82) is 0 Å². The maximum Gasteiger partial charge on any atom is 0.0782 e. The number of para-hydroxylation sites is 3. The third-order valence-electron chi connectivity index (χ3n) is 13.1. The van der Waals surface area contributed by atoms with Crippen LogP contribution in [0.3, 0.4) is 0 Å². The van der Waals surface area contributed by atoms with Crippen LogP contribution in [0.2, 0.25) is 0 Å². The van der Waals surface area contributed by atoms with Crippen LogP contribution in [0.1, 0.15) is 33.4 Å². The van der Waals surface area contributed by atoms with E-state index in [1.807, 2.05) is 0 Å². The van der Waals surface area contributed by atoms with Crippen molar-refractivity contribution in [2.75, 3.05) is 4.90 Å². The van der Waals surface area contributed by atoms with Crippen molar-refractivity contribution in [3.63, 3.8) is 0 Å². The minimum atomic E-state index is -0.448. The van der Waals surface area contributed by atoms with Crippen LogP contribution in [0.5, 0.6) is 0 Å². The van der Waals surface area contributed by atoms with E-state index in [4.69, 9.17) is 0 Å². The monoisotopic (exact) mass is 752 g/mol. The molecular formula is C57H40N2. The van der Waals surface area contributed by atoms with Crippen molar-refractivity contribution in [2.24, 2.45) is 0 Å². The molecule has 0 N–H and O–H groups in total. The molecular weight excluding hydrogens is 713 g/mol. The first-order chi connectivity index (χ1) is 29.1. The lowest BCUT2D eigenvalue weighted by molar-refractivity contribution is 0.794. The molecule has 0 radical (unpaired) electrons. The first kappa shape index (κ1) is 33.7. The number of rotatable bonds is 5. The van der Waals surface area contributed by atoms with Crippen LogP contribution in [0, 0.1) is 13.8 Å². The van der Waals surface area contributed by atoms with Gasteiger partial charge in [-0.05, 0) is 118 Å². The van der Waals surface area contributed by atoms with E-state index < -0.39 is 5.41 Å². The highest BCUT2D eigenvalue weighted by atomic mass is 15.2. The average molecular weight is 753 g/mol. The summed E-state index contributed by atoms with van der Waals surface area (Å²) in [5.74, 6) is 0. The molecule has 2 aliphatic carbocycles. The SMILES string of the molecule is Cc1ccccc1-c1ccc(N(c2cccc3c2-c2ccccc2C32c3ccccc3-c3ccccc32)c2cccc3c4ccccc4n(-c4ccccc4)c23)cc1C. The van der Waals surface area contributed by atoms with Crippen LogP contribution < -0.4 is 4.90 Å². The van der Waals surface area contributed by atoms with Gasteiger partial charge in [-0.15, -0.1) is 0 Å². The summed E-state index contributed by atoms with van der Waals surface area (Å²) in [5, 5.41) is 2.46. The Morgan fingerprint density at radius 1 is 0.390 bits per heavy atom. The maximum atomic E-state index is 2.55. The second-order valence-corrected chi connectivity index (χ2v) is 16.1. The second kappa shape index (κ2) is 12.8. The number of hydrogen-bond donors (Lipinski definition) is 0. The van der Waals surface area contributed by atoms with E-state index in [1.54, 1.807) is 0 Å². The number of anilines is 3. The van der Waals surface area contributed by atoms with Crippen molar-refractivity contribution in [3.8, 4) is 39.1 Å². The van der Waals surface area contributed by atoms with Crippen LogP contribution in [0.15, 0.2) is 206 Å². The average Bonchev–Trinajstić information content (AvgIpc) is 3.90. The molecule has 278 valence electrons. The fourth-order valence-corrected chi connectivity index (χ4v) is 10.7. The molecule has 2 heteroatoms. The molecule has 59 heavy (non-hydrogen) atoms. The van der Waals surface area contributed by atoms with E-state index in [0.717, 1.165) is 22.7 Å². The van der Waals surface area contributed by atoms with Crippen molar-refractivity contribution in [1.82, 2.24) is 4.57 Å². The highest BCUT2D eigenvalue weighted by Crippen LogP contribution is 2.64. The molecule has 2 nitrogen and oxygen atoms in total. The minimum Gasteiger partial charge on any atom is -0.308 e. The third kappa shape index (κ3) is 4.63. The van der Waals surface area contributed by atoms with Gasteiger partial charge < -0.3 is 9.47 Å². The number of aromatic nitrogens is 1. The van der Waals surface area contributed by atoms with Crippen LogP contribution in [0.25, 0.3) is 60.9 Å². The van der Waals surface area contributed by atoms with Gasteiger partial charge in [-0.2, -0.15) is 0 Å². The van der Waals surface area contributed by atoms with Crippen molar-refractivity contribution < 1.29 is 0 Å². The van der Waals surface area contributed by atoms with Crippen molar-refractivity contribution >= 4 is 38.9 Å². The van der Waals surface area contributed by atoms with E-state index in [-0.39, 0.29) is 0 Å². The lowest BCUT2D eigenvalue weighted by Gasteiger charge is -2.32. The third-order valence-corrected chi connectivity index (χ3v) is 13.1. The van der Waals surface area contributed by atoms with Gasteiger partial charge in [0.25, 0.3) is 0 Å². The van der Waals surface area contributed by atoms with E-state index in [9.17, 15) is 0 Å². The summed E-state index contributed by atoms with van der Waals surface area (Å²) in [6.45, 7) is 4.47. The minimum absolute atomic E-state index is 0.448. The Labute approximate surface area is 344 Å². The molecule has 0 atom stereocenters. The predicted octanol–water partition coefficient (Wildman–Crippen LogP) is 14.9. The quantitative estimate of drug-likeness (QED) is 0.170. The van der Waals surface area contributed by atoms with Gasteiger partial charge in [0, 0.05) is 27.7 Å². The van der Waals surface area contributed by atoms with E-state index >= 15 is 0 Å². The Balaban J connectivity index is 1.20. The van der Waals surface area contributed by atoms with Crippen LogP contribution in [-0.2, 0) is 5.41 Å². The highest BCUT2D eigenvalue weighted by Gasteiger charge is 2.52. The summed E-state index contributed by atoms with van der Waals surface area (Å²) in [5.41, 5.74) is 22.0. The van der Waals surface area contributed by atoms with Crippen molar-refractivity contribution in [3.05, 3.63) is 240 Å². The normalized spacial score (nSPS) is 13.1. The zero-order chi connectivity index (χ0) is 39.2. The summed E-state index contributed by atoms with van der Waals surface area (Å²) in [4.78, 5) is 2.55. The summed E-state index contributed by atoms with van der Waals surface area (Å²) < 4.78 is 2.46. The summed E-state index contributed by atoms with van der Waals surface area (Å²) >= 11 is 0. The highest BCUT2D eigenvalue weighted by molar-refractivity contribution is 6.15. The number of benzene rings is 9. The molecule has 0 unspecified atom stereocenters. The molecule has 2 aliphatic rings. The standard InChI is InChI=1S/C57H40N2/c1-37-18-6-7-21-41(37)42-35-34-40(36-38(42)2)58(54-33-16-26-46-45-24-11-15-31-52(45)59(56(46)54)39-19-4-3-5-20-39)53-32-17-30-51-55(53)47-25-10-14-29-50(47)57(51)48-27-12-8-22-43(48)44-23-9-13-28-49(44)57/h3-36H,1-2H3. The maximum absolute atomic E-state index is 2.55. The summed E-state index contributed by atoms with van der Waals surface area (Å²) in [6.07, 6.45) is 0. The Morgan fingerprint density at radius 2 is 0.932 bits per heavy atom. The molecule has 10 aromatic rings. The lowest BCUT2D eigenvalue weighted by atomic mass is 9.70. The zero-order valence-electron chi connectivity index (χ0n) is 33.0. The molecule has 1 heterocycles. The Morgan fingerprint density at radius 3 is 1.66 bits per heavy atom. The molecule has 12 rings (SSSR count). The van der Waals surface area contributed by atoms with Gasteiger partial charge in [-0.1, -0.05) is 164 Å². The van der Waals surface area contributed by atoms with Gasteiger partial charge in [0.05, 0.1) is 27.8 Å².